The molecule has 0 saturated heterocycles. The molecule has 5 aromatic rings. The van der Waals surface area contributed by atoms with Crippen LogP contribution in [0, 0.1) is 0 Å². The maximum Gasteiger partial charge on any atom is 0.196 e. The van der Waals surface area contributed by atoms with Gasteiger partial charge in [0.25, 0.3) is 0 Å². The zero-order valence-electron chi connectivity index (χ0n) is 16.8. The van der Waals surface area contributed by atoms with Crippen LogP contribution in [0.4, 0.5) is 0 Å². The summed E-state index contributed by atoms with van der Waals surface area (Å²) in [6.07, 6.45) is 4.24. The van der Waals surface area contributed by atoms with Crippen molar-refractivity contribution in [2.75, 3.05) is 5.75 Å². The second-order valence-electron chi connectivity index (χ2n) is 6.98. The lowest BCUT2D eigenvalue weighted by Gasteiger charge is -2.09. The van der Waals surface area contributed by atoms with Crippen LogP contribution in [0.2, 0.25) is 10.0 Å². The number of rotatable bonds is 6. The Morgan fingerprint density at radius 1 is 0.875 bits per heavy atom. The lowest BCUT2D eigenvalue weighted by molar-refractivity contribution is 0.888. The Kier molecular flexibility index (Phi) is 6.32. The van der Waals surface area contributed by atoms with Crippen LogP contribution >= 0.6 is 46.3 Å². The van der Waals surface area contributed by atoms with E-state index in [0.29, 0.717) is 10.0 Å². The molecule has 0 spiro atoms. The van der Waals surface area contributed by atoms with Gasteiger partial charge in [-0.25, -0.2) is 0 Å². The van der Waals surface area contributed by atoms with E-state index in [1.54, 1.807) is 23.1 Å². The molecule has 32 heavy (non-hydrogen) atoms. The summed E-state index contributed by atoms with van der Waals surface area (Å²) in [7, 11) is 0. The van der Waals surface area contributed by atoms with Gasteiger partial charge < -0.3 is 0 Å². The average Bonchev–Trinajstić information content (AvgIpc) is 3.39. The van der Waals surface area contributed by atoms with E-state index in [-0.39, 0.29) is 0 Å². The lowest BCUT2D eigenvalue weighted by Crippen LogP contribution is -1.99. The molecule has 0 radical (unpaired) electrons. The Labute approximate surface area is 204 Å². The molecule has 3 aromatic carbocycles. The van der Waals surface area contributed by atoms with Crippen molar-refractivity contribution in [3.8, 4) is 16.4 Å². The Bertz CT molecular complexity index is 1390. The van der Waals surface area contributed by atoms with Gasteiger partial charge in [-0.3, -0.25) is 4.57 Å². The largest absolute Gasteiger partial charge is 0.269 e. The minimum absolute atomic E-state index is 0.684. The van der Waals surface area contributed by atoms with Crippen LogP contribution in [0.3, 0.4) is 0 Å². The Balaban J connectivity index is 1.52. The molecule has 3 nitrogen and oxygen atoms in total. The molecule has 0 aliphatic heterocycles. The summed E-state index contributed by atoms with van der Waals surface area (Å²) >= 11 is 16.2. The lowest BCUT2D eigenvalue weighted by atomic mass is 10.2. The first kappa shape index (κ1) is 21.3. The first-order valence-electron chi connectivity index (χ1n) is 9.94. The summed E-state index contributed by atoms with van der Waals surface area (Å²) in [6.45, 7) is 0. The highest BCUT2D eigenvalue weighted by Crippen LogP contribution is 2.42. The molecule has 2 heterocycles. The zero-order valence-corrected chi connectivity index (χ0v) is 19.9. The predicted octanol–water partition coefficient (Wildman–Crippen LogP) is 8.26. The summed E-state index contributed by atoms with van der Waals surface area (Å²) in [5.41, 5.74) is 2.11. The maximum absolute atomic E-state index is 6.77. The van der Waals surface area contributed by atoms with Crippen molar-refractivity contribution in [1.29, 1.82) is 0 Å². The Morgan fingerprint density at radius 2 is 1.62 bits per heavy atom. The molecule has 5 rings (SSSR count). The summed E-state index contributed by atoms with van der Waals surface area (Å²) in [5.74, 6) is 1.49. The number of fused-ring (bicyclic) bond motifs is 1. The number of benzene rings is 3. The molecular formula is C25H17Cl2N3S2. The fourth-order valence-corrected chi connectivity index (χ4v) is 5.74. The maximum atomic E-state index is 6.77. The third-order valence-electron chi connectivity index (χ3n) is 4.87. The van der Waals surface area contributed by atoms with Crippen molar-refractivity contribution >= 4 is 62.5 Å². The van der Waals surface area contributed by atoms with E-state index in [2.05, 4.69) is 40.5 Å². The number of thiophene rings is 1. The van der Waals surface area contributed by atoms with Crippen LogP contribution in [0.25, 0.3) is 32.6 Å². The predicted molar refractivity (Wildman–Crippen MR) is 138 cm³/mol. The van der Waals surface area contributed by atoms with Crippen molar-refractivity contribution in [3.63, 3.8) is 0 Å². The van der Waals surface area contributed by atoms with Crippen molar-refractivity contribution in [2.24, 2.45) is 0 Å². The molecule has 7 heteroatoms. The van der Waals surface area contributed by atoms with Crippen molar-refractivity contribution in [3.05, 3.63) is 101 Å². The first-order valence-corrected chi connectivity index (χ1v) is 12.5. The van der Waals surface area contributed by atoms with Gasteiger partial charge in [-0.2, -0.15) is 0 Å². The second-order valence-corrected chi connectivity index (χ2v) is 9.84. The Morgan fingerprint density at radius 3 is 2.41 bits per heavy atom. The second kappa shape index (κ2) is 9.51. The number of nitrogens with zero attached hydrogens (tertiary/aromatic N) is 3. The van der Waals surface area contributed by atoms with Gasteiger partial charge in [0, 0.05) is 26.5 Å². The highest BCUT2D eigenvalue weighted by atomic mass is 35.5. The van der Waals surface area contributed by atoms with Crippen LogP contribution in [0.1, 0.15) is 5.56 Å². The fourth-order valence-electron chi connectivity index (χ4n) is 3.36. The molecule has 0 aliphatic carbocycles. The molecule has 0 fully saturated rings. The molecule has 2 aromatic heterocycles. The average molecular weight is 494 g/mol. The molecule has 0 amide bonds. The van der Waals surface area contributed by atoms with E-state index in [1.165, 1.54) is 5.56 Å². The van der Waals surface area contributed by atoms with Crippen LogP contribution < -0.4 is 0 Å². The van der Waals surface area contributed by atoms with Gasteiger partial charge in [0.15, 0.2) is 11.0 Å². The van der Waals surface area contributed by atoms with Crippen molar-refractivity contribution in [1.82, 2.24) is 14.8 Å². The van der Waals surface area contributed by atoms with Gasteiger partial charge in [0.05, 0.1) is 9.90 Å². The SMILES string of the molecule is Clc1ccc(-n2c(SC/C=C/c3ccccc3)nnc2-c2sc3ccccc3c2Cl)cc1. The van der Waals surface area contributed by atoms with Gasteiger partial charge in [-0.05, 0) is 35.9 Å². The first-order chi connectivity index (χ1) is 15.7. The number of thioether (sulfide) groups is 1. The molecule has 158 valence electrons. The zero-order chi connectivity index (χ0) is 21.9. The van der Waals surface area contributed by atoms with E-state index in [4.69, 9.17) is 23.2 Å². The fraction of sp³-hybridized carbons (Fsp3) is 0.0400. The van der Waals surface area contributed by atoms with Gasteiger partial charge in [0.1, 0.15) is 0 Å². The summed E-state index contributed by atoms with van der Waals surface area (Å²) < 4.78 is 3.17. The summed E-state index contributed by atoms with van der Waals surface area (Å²) in [4.78, 5) is 0.905. The topological polar surface area (TPSA) is 30.7 Å². The van der Waals surface area contributed by atoms with Crippen molar-refractivity contribution < 1.29 is 0 Å². The molecule has 0 bridgehead atoms. The van der Waals surface area contributed by atoms with Crippen molar-refractivity contribution in [2.45, 2.75) is 5.16 Å². The van der Waals surface area contributed by atoms with E-state index < -0.39 is 0 Å². The monoisotopic (exact) mass is 493 g/mol. The molecule has 0 atom stereocenters. The van der Waals surface area contributed by atoms with Gasteiger partial charge in [-0.15, -0.1) is 21.5 Å². The smallest absolute Gasteiger partial charge is 0.196 e. The van der Waals surface area contributed by atoms with E-state index in [0.717, 1.165) is 37.4 Å². The third kappa shape index (κ3) is 4.34. The van der Waals surface area contributed by atoms with Crippen LogP contribution in [0.15, 0.2) is 90.1 Å². The van der Waals surface area contributed by atoms with E-state index in [1.807, 2.05) is 65.2 Å². The molecule has 0 N–H and O–H groups in total. The standard InChI is InChI=1S/C25H17Cl2N3S2/c26-18-12-14-19(15-13-18)30-24(23-22(27)20-10-4-5-11-21(20)32-23)28-29-25(30)31-16-6-9-17-7-2-1-3-8-17/h1-15H,16H2/b9-6+. The van der Waals surface area contributed by atoms with Crippen LogP contribution in [0.5, 0.6) is 0 Å². The van der Waals surface area contributed by atoms with Crippen LogP contribution in [-0.2, 0) is 0 Å². The minimum atomic E-state index is 0.684. The van der Waals surface area contributed by atoms with E-state index >= 15 is 0 Å². The molecule has 0 aliphatic rings. The molecule has 0 unspecified atom stereocenters. The van der Waals surface area contributed by atoms with Gasteiger partial charge in [0.2, 0.25) is 0 Å². The van der Waals surface area contributed by atoms with Gasteiger partial charge in [-0.1, -0.05) is 95.6 Å². The minimum Gasteiger partial charge on any atom is -0.269 e. The highest BCUT2D eigenvalue weighted by Gasteiger charge is 2.21. The molecule has 0 saturated carbocycles. The number of hydrogen-bond donors (Lipinski definition) is 0. The molecular weight excluding hydrogens is 477 g/mol. The van der Waals surface area contributed by atoms with Gasteiger partial charge >= 0.3 is 0 Å². The third-order valence-corrected chi connectivity index (χ3v) is 7.68. The van der Waals surface area contributed by atoms with Crippen LogP contribution in [-0.4, -0.2) is 20.5 Å². The summed E-state index contributed by atoms with van der Waals surface area (Å²) in [6, 6.07) is 26.1. The number of halogens is 2. The Hall–Kier alpha value is -2.57. The van der Waals surface area contributed by atoms with E-state index in [9.17, 15) is 0 Å². The quantitative estimate of drug-likeness (QED) is 0.223. The highest BCUT2D eigenvalue weighted by molar-refractivity contribution is 7.99. The number of aromatic nitrogens is 3. The normalized spacial score (nSPS) is 11.6. The summed E-state index contributed by atoms with van der Waals surface area (Å²) in [5, 5.41) is 12.3. The number of hydrogen-bond acceptors (Lipinski definition) is 4.